The van der Waals surface area contributed by atoms with Crippen molar-refractivity contribution in [3.63, 3.8) is 0 Å². The highest BCUT2D eigenvalue weighted by atomic mass is 16.3. The molecule has 1 heterocycles. The number of aliphatic hydroxyl groups is 1. The molecule has 0 aromatic heterocycles. The third-order valence-electron chi connectivity index (χ3n) is 1.79. The van der Waals surface area contributed by atoms with Crippen LogP contribution in [0.1, 0.15) is 13.3 Å². The van der Waals surface area contributed by atoms with Gasteiger partial charge in [-0.3, -0.25) is 9.59 Å². The van der Waals surface area contributed by atoms with Gasteiger partial charge in [0, 0.05) is 13.0 Å². The van der Waals surface area contributed by atoms with E-state index in [9.17, 15) is 14.7 Å². The largest absolute Gasteiger partial charge is 0.389 e. The Balaban J connectivity index is 2.50. The van der Waals surface area contributed by atoms with Crippen LogP contribution in [0.3, 0.4) is 0 Å². The molecule has 12 heavy (non-hydrogen) atoms. The third kappa shape index (κ3) is 1.73. The minimum atomic E-state index is -0.798. The molecule has 0 bridgehead atoms. The summed E-state index contributed by atoms with van der Waals surface area (Å²) in [5, 5.41) is 14.1. The molecule has 1 aliphatic heterocycles. The van der Waals surface area contributed by atoms with Crippen molar-refractivity contribution in [3.8, 4) is 0 Å². The number of β-amino-alcohol motifs (C(OH)–C–C–N with tert-alkyl or cyclic N) is 1. The van der Waals surface area contributed by atoms with Crippen LogP contribution < -0.4 is 10.6 Å². The monoisotopic (exact) mass is 172 g/mol. The number of hydrogen-bond donors (Lipinski definition) is 3. The minimum Gasteiger partial charge on any atom is -0.389 e. The number of nitrogens with one attached hydrogen (secondary N) is 2. The molecule has 2 unspecified atom stereocenters. The van der Waals surface area contributed by atoms with E-state index in [1.807, 2.05) is 0 Å². The van der Waals surface area contributed by atoms with Crippen molar-refractivity contribution in [1.29, 1.82) is 0 Å². The second kappa shape index (κ2) is 3.53. The molecule has 0 aromatic carbocycles. The highest BCUT2D eigenvalue weighted by molar-refractivity contribution is 5.89. The Labute approximate surface area is 70.1 Å². The lowest BCUT2D eigenvalue weighted by molar-refractivity contribution is -0.128. The van der Waals surface area contributed by atoms with Crippen LogP contribution in [0.25, 0.3) is 0 Å². The van der Waals surface area contributed by atoms with Gasteiger partial charge >= 0.3 is 0 Å². The second-order valence-electron chi connectivity index (χ2n) is 2.71. The fourth-order valence-corrected chi connectivity index (χ4v) is 1.04. The zero-order valence-electron chi connectivity index (χ0n) is 6.83. The van der Waals surface area contributed by atoms with Gasteiger partial charge < -0.3 is 15.7 Å². The van der Waals surface area contributed by atoms with Crippen LogP contribution in [-0.2, 0) is 9.59 Å². The molecule has 1 aliphatic rings. The molecule has 0 saturated carbocycles. The van der Waals surface area contributed by atoms with Gasteiger partial charge in [0.05, 0.1) is 0 Å². The van der Waals surface area contributed by atoms with Gasteiger partial charge in [-0.2, -0.15) is 0 Å². The van der Waals surface area contributed by atoms with E-state index in [4.69, 9.17) is 0 Å². The molecular weight excluding hydrogens is 160 g/mol. The zero-order chi connectivity index (χ0) is 9.14. The van der Waals surface area contributed by atoms with Crippen molar-refractivity contribution >= 4 is 11.8 Å². The predicted molar refractivity (Wildman–Crippen MR) is 41.2 cm³/mol. The summed E-state index contributed by atoms with van der Waals surface area (Å²) in [7, 11) is 0. The summed E-state index contributed by atoms with van der Waals surface area (Å²) in [6.45, 7) is 1.90. The lowest BCUT2D eigenvalue weighted by Gasteiger charge is -2.12. The maximum absolute atomic E-state index is 11.0. The number of rotatable bonds is 2. The van der Waals surface area contributed by atoms with E-state index in [1.165, 1.54) is 0 Å². The SMILES string of the molecule is CCC(=O)NC1C(=O)NCC1O. The molecule has 5 heteroatoms. The van der Waals surface area contributed by atoms with E-state index in [2.05, 4.69) is 10.6 Å². The molecule has 0 spiro atoms. The Bertz CT molecular complexity index is 205. The zero-order valence-corrected chi connectivity index (χ0v) is 6.83. The van der Waals surface area contributed by atoms with E-state index in [0.717, 1.165) is 0 Å². The predicted octanol–water partition coefficient (Wildman–Crippen LogP) is -1.63. The van der Waals surface area contributed by atoms with Crippen LogP contribution in [0.2, 0.25) is 0 Å². The molecule has 3 N–H and O–H groups in total. The van der Waals surface area contributed by atoms with Crippen molar-refractivity contribution in [3.05, 3.63) is 0 Å². The van der Waals surface area contributed by atoms with E-state index in [-0.39, 0.29) is 18.4 Å². The van der Waals surface area contributed by atoms with Crippen molar-refractivity contribution in [2.24, 2.45) is 0 Å². The van der Waals surface area contributed by atoms with Crippen molar-refractivity contribution in [1.82, 2.24) is 10.6 Å². The van der Waals surface area contributed by atoms with Crippen LogP contribution >= 0.6 is 0 Å². The normalized spacial score (nSPS) is 28.3. The molecule has 5 nitrogen and oxygen atoms in total. The summed E-state index contributed by atoms with van der Waals surface area (Å²) in [6.07, 6.45) is -0.482. The second-order valence-corrected chi connectivity index (χ2v) is 2.71. The summed E-state index contributed by atoms with van der Waals surface area (Å²) >= 11 is 0. The number of carbonyl (C=O) groups excluding carboxylic acids is 2. The fraction of sp³-hybridized carbons (Fsp3) is 0.714. The van der Waals surface area contributed by atoms with Crippen LogP contribution in [0.5, 0.6) is 0 Å². The Morgan fingerprint density at radius 3 is 2.92 bits per heavy atom. The summed E-state index contributed by atoms with van der Waals surface area (Å²) in [5.74, 6) is -0.541. The molecule has 1 saturated heterocycles. The first-order valence-electron chi connectivity index (χ1n) is 3.90. The molecule has 2 atom stereocenters. The third-order valence-corrected chi connectivity index (χ3v) is 1.79. The van der Waals surface area contributed by atoms with Gasteiger partial charge in [-0.15, -0.1) is 0 Å². The quantitative estimate of drug-likeness (QED) is 0.468. The maximum atomic E-state index is 11.0. The lowest BCUT2D eigenvalue weighted by Crippen LogP contribution is -2.45. The first-order valence-corrected chi connectivity index (χ1v) is 3.90. The molecular formula is C7H12N2O3. The number of aliphatic hydroxyl groups excluding tert-OH is 1. The molecule has 1 rings (SSSR count). The van der Waals surface area contributed by atoms with Gasteiger partial charge in [-0.1, -0.05) is 6.92 Å². The first-order chi connectivity index (χ1) is 5.65. The number of hydrogen-bond acceptors (Lipinski definition) is 3. The summed E-state index contributed by atoms with van der Waals surface area (Å²) in [5.41, 5.74) is 0. The number of carbonyl (C=O) groups is 2. The Morgan fingerprint density at radius 2 is 2.50 bits per heavy atom. The van der Waals surface area contributed by atoms with Gasteiger partial charge in [0.15, 0.2) is 0 Å². The highest BCUT2D eigenvalue weighted by Gasteiger charge is 2.33. The molecule has 0 aromatic rings. The van der Waals surface area contributed by atoms with Crippen molar-refractivity contribution in [2.45, 2.75) is 25.5 Å². The average Bonchev–Trinajstić information content (AvgIpc) is 2.35. The smallest absolute Gasteiger partial charge is 0.245 e. The number of amides is 2. The minimum absolute atomic E-state index is 0.216. The van der Waals surface area contributed by atoms with Crippen LogP contribution in [0, 0.1) is 0 Å². The van der Waals surface area contributed by atoms with E-state index < -0.39 is 12.1 Å². The average molecular weight is 172 g/mol. The molecule has 1 fully saturated rings. The fourth-order valence-electron chi connectivity index (χ4n) is 1.04. The van der Waals surface area contributed by atoms with Gasteiger partial charge in [0.2, 0.25) is 11.8 Å². The highest BCUT2D eigenvalue weighted by Crippen LogP contribution is 2.00. The van der Waals surface area contributed by atoms with Crippen LogP contribution in [0.4, 0.5) is 0 Å². The van der Waals surface area contributed by atoms with E-state index >= 15 is 0 Å². The van der Waals surface area contributed by atoms with Gasteiger partial charge in [0.1, 0.15) is 12.1 Å². The van der Waals surface area contributed by atoms with Crippen LogP contribution in [0.15, 0.2) is 0 Å². The Morgan fingerprint density at radius 1 is 1.83 bits per heavy atom. The molecule has 0 radical (unpaired) electrons. The van der Waals surface area contributed by atoms with E-state index in [1.54, 1.807) is 6.92 Å². The lowest BCUT2D eigenvalue weighted by atomic mass is 10.2. The van der Waals surface area contributed by atoms with Gasteiger partial charge in [0.25, 0.3) is 0 Å². The molecule has 2 amide bonds. The van der Waals surface area contributed by atoms with Crippen molar-refractivity contribution in [2.75, 3.05) is 6.54 Å². The van der Waals surface area contributed by atoms with Gasteiger partial charge in [-0.05, 0) is 0 Å². The first kappa shape index (κ1) is 8.99. The summed E-state index contributed by atoms with van der Waals surface area (Å²) in [6, 6.07) is -0.766. The standard InChI is InChI=1S/C7H12N2O3/c1-2-5(11)9-6-4(10)3-8-7(6)12/h4,6,10H,2-3H2,1H3,(H,8,12)(H,9,11). The topological polar surface area (TPSA) is 78.4 Å². The van der Waals surface area contributed by atoms with Gasteiger partial charge in [-0.25, -0.2) is 0 Å². The molecule has 0 aliphatic carbocycles. The van der Waals surface area contributed by atoms with E-state index in [0.29, 0.717) is 6.42 Å². The Kier molecular flexibility index (Phi) is 2.65. The molecule has 68 valence electrons. The van der Waals surface area contributed by atoms with Crippen LogP contribution in [-0.4, -0.2) is 35.6 Å². The van der Waals surface area contributed by atoms with Crippen molar-refractivity contribution < 1.29 is 14.7 Å². The summed E-state index contributed by atoms with van der Waals surface area (Å²) in [4.78, 5) is 21.8. The summed E-state index contributed by atoms with van der Waals surface area (Å²) < 4.78 is 0. The maximum Gasteiger partial charge on any atom is 0.245 e. The Hall–Kier alpha value is -1.10.